The number of aliphatic carboxylic acids is 1. The number of hydrogen-bond acceptors (Lipinski definition) is 4. The quantitative estimate of drug-likeness (QED) is 0.626. The van der Waals surface area contributed by atoms with Gasteiger partial charge in [0.25, 0.3) is 0 Å². The standard InChI is InChI=1S/C17H24N2O5/c1-11(2)9-14(20)19-15(12-7-5-4-6-8-12)16(21)18-10-13(24-3)17(22)23/h4-8,11,13,15H,9-10H2,1-3H3,(H,18,21)(H,19,20)(H,22,23). The lowest BCUT2D eigenvalue weighted by atomic mass is 10.0. The van der Waals surface area contributed by atoms with Crippen molar-refractivity contribution in [2.45, 2.75) is 32.4 Å². The van der Waals surface area contributed by atoms with E-state index in [1.807, 2.05) is 13.8 Å². The normalized spacial score (nSPS) is 13.2. The van der Waals surface area contributed by atoms with Gasteiger partial charge in [0, 0.05) is 13.5 Å². The predicted octanol–water partition coefficient (Wildman–Crippen LogP) is 1.11. The first-order valence-corrected chi connectivity index (χ1v) is 7.72. The maximum atomic E-state index is 12.4. The number of methoxy groups -OCH3 is 1. The maximum Gasteiger partial charge on any atom is 0.334 e. The van der Waals surface area contributed by atoms with Crippen LogP contribution in [0.15, 0.2) is 30.3 Å². The van der Waals surface area contributed by atoms with E-state index in [2.05, 4.69) is 10.6 Å². The van der Waals surface area contributed by atoms with Crippen molar-refractivity contribution in [3.05, 3.63) is 35.9 Å². The summed E-state index contributed by atoms with van der Waals surface area (Å²) in [5, 5.41) is 14.1. The van der Waals surface area contributed by atoms with Crippen molar-refractivity contribution >= 4 is 17.8 Å². The second-order valence-electron chi connectivity index (χ2n) is 5.82. The Morgan fingerprint density at radius 1 is 1.17 bits per heavy atom. The molecule has 1 rings (SSSR count). The van der Waals surface area contributed by atoms with Crippen molar-refractivity contribution < 1.29 is 24.2 Å². The fraction of sp³-hybridized carbons (Fsp3) is 0.471. The Kier molecular flexibility index (Phi) is 7.91. The molecular formula is C17H24N2O5. The molecule has 0 heterocycles. The first-order valence-electron chi connectivity index (χ1n) is 7.72. The molecule has 24 heavy (non-hydrogen) atoms. The molecule has 0 saturated heterocycles. The number of carbonyl (C=O) groups excluding carboxylic acids is 2. The fourth-order valence-electron chi connectivity index (χ4n) is 2.10. The molecule has 2 atom stereocenters. The third-order valence-corrected chi connectivity index (χ3v) is 3.32. The molecule has 0 aliphatic carbocycles. The average Bonchev–Trinajstić information content (AvgIpc) is 2.52. The highest BCUT2D eigenvalue weighted by Gasteiger charge is 2.25. The van der Waals surface area contributed by atoms with Gasteiger partial charge in [0.1, 0.15) is 6.04 Å². The molecule has 7 heteroatoms. The third-order valence-electron chi connectivity index (χ3n) is 3.32. The summed E-state index contributed by atoms with van der Waals surface area (Å²) in [6.45, 7) is 3.63. The van der Waals surface area contributed by atoms with Crippen LogP contribution in [0, 0.1) is 5.92 Å². The van der Waals surface area contributed by atoms with Crippen LogP contribution in [0.25, 0.3) is 0 Å². The molecule has 0 aliphatic heterocycles. The Bertz CT molecular complexity index is 559. The van der Waals surface area contributed by atoms with Gasteiger partial charge >= 0.3 is 5.97 Å². The Balaban J connectivity index is 2.82. The summed E-state index contributed by atoms with van der Waals surface area (Å²) in [7, 11) is 1.25. The summed E-state index contributed by atoms with van der Waals surface area (Å²) in [6.07, 6.45) is -0.844. The summed E-state index contributed by atoms with van der Waals surface area (Å²) in [5.41, 5.74) is 0.622. The Hall–Kier alpha value is -2.41. The Labute approximate surface area is 141 Å². The number of hydrogen-bond donors (Lipinski definition) is 3. The van der Waals surface area contributed by atoms with Crippen molar-refractivity contribution in [3.8, 4) is 0 Å². The van der Waals surface area contributed by atoms with Crippen LogP contribution in [0.4, 0.5) is 0 Å². The maximum absolute atomic E-state index is 12.4. The summed E-state index contributed by atoms with van der Waals surface area (Å²) in [5.74, 6) is -1.73. The minimum atomic E-state index is -1.17. The minimum absolute atomic E-state index is 0.161. The number of carboxylic acids is 1. The minimum Gasteiger partial charge on any atom is -0.479 e. The first kappa shape index (κ1) is 19.6. The SMILES string of the molecule is COC(CNC(=O)C(NC(=O)CC(C)C)c1ccccc1)C(=O)O. The van der Waals surface area contributed by atoms with Gasteiger partial charge < -0.3 is 20.5 Å². The van der Waals surface area contributed by atoms with E-state index < -0.39 is 24.0 Å². The lowest BCUT2D eigenvalue weighted by Gasteiger charge is -2.20. The largest absolute Gasteiger partial charge is 0.479 e. The lowest BCUT2D eigenvalue weighted by Crippen LogP contribution is -2.44. The van der Waals surface area contributed by atoms with Crippen LogP contribution in [0.5, 0.6) is 0 Å². The van der Waals surface area contributed by atoms with Gasteiger partial charge in [0.2, 0.25) is 11.8 Å². The van der Waals surface area contributed by atoms with E-state index in [9.17, 15) is 14.4 Å². The second kappa shape index (κ2) is 9.67. The van der Waals surface area contributed by atoms with Crippen LogP contribution >= 0.6 is 0 Å². The molecule has 0 radical (unpaired) electrons. The first-order chi connectivity index (χ1) is 11.3. The van der Waals surface area contributed by atoms with Gasteiger partial charge in [-0.3, -0.25) is 9.59 Å². The molecule has 0 aromatic heterocycles. The van der Waals surface area contributed by atoms with E-state index in [4.69, 9.17) is 9.84 Å². The van der Waals surface area contributed by atoms with E-state index in [0.29, 0.717) is 12.0 Å². The molecule has 132 valence electrons. The van der Waals surface area contributed by atoms with Crippen LogP contribution in [0.3, 0.4) is 0 Å². The van der Waals surface area contributed by atoms with E-state index >= 15 is 0 Å². The van der Waals surface area contributed by atoms with Gasteiger partial charge in [-0.05, 0) is 11.5 Å². The third kappa shape index (κ3) is 6.37. The van der Waals surface area contributed by atoms with Crippen molar-refractivity contribution in [2.24, 2.45) is 5.92 Å². The number of rotatable bonds is 9. The number of ether oxygens (including phenoxy) is 1. The fourth-order valence-corrected chi connectivity index (χ4v) is 2.10. The molecule has 1 aromatic rings. The van der Waals surface area contributed by atoms with Gasteiger partial charge in [-0.2, -0.15) is 0 Å². The number of carboxylic acid groups (broad SMARTS) is 1. The predicted molar refractivity (Wildman–Crippen MR) is 88.2 cm³/mol. The van der Waals surface area contributed by atoms with Gasteiger partial charge in [-0.25, -0.2) is 4.79 Å². The summed E-state index contributed by atoms with van der Waals surface area (Å²) < 4.78 is 4.78. The van der Waals surface area contributed by atoms with E-state index in [-0.39, 0.29) is 18.4 Å². The zero-order valence-electron chi connectivity index (χ0n) is 14.1. The van der Waals surface area contributed by atoms with Crippen molar-refractivity contribution in [3.63, 3.8) is 0 Å². The van der Waals surface area contributed by atoms with Crippen molar-refractivity contribution in [1.82, 2.24) is 10.6 Å². The number of benzene rings is 1. The van der Waals surface area contributed by atoms with Gasteiger partial charge in [0.15, 0.2) is 6.10 Å². The molecule has 2 unspecified atom stereocenters. The zero-order chi connectivity index (χ0) is 18.1. The monoisotopic (exact) mass is 336 g/mol. The van der Waals surface area contributed by atoms with E-state index in [1.54, 1.807) is 30.3 Å². The number of carbonyl (C=O) groups is 3. The van der Waals surface area contributed by atoms with Crippen LogP contribution in [0.2, 0.25) is 0 Å². The summed E-state index contributed by atoms with van der Waals surface area (Å²) >= 11 is 0. The van der Waals surface area contributed by atoms with E-state index in [1.165, 1.54) is 7.11 Å². The zero-order valence-corrected chi connectivity index (χ0v) is 14.1. The molecular weight excluding hydrogens is 312 g/mol. The van der Waals surface area contributed by atoms with Crippen molar-refractivity contribution in [1.29, 1.82) is 0 Å². The van der Waals surface area contributed by atoms with Gasteiger partial charge in [0.05, 0.1) is 6.54 Å². The van der Waals surface area contributed by atoms with Crippen LogP contribution in [-0.2, 0) is 19.1 Å². The molecule has 3 N–H and O–H groups in total. The van der Waals surface area contributed by atoms with Crippen LogP contribution in [0.1, 0.15) is 31.9 Å². The van der Waals surface area contributed by atoms with Crippen LogP contribution in [-0.4, -0.2) is 42.6 Å². The smallest absolute Gasteiger partial charge is 0.334 e. The topological polar surface area (TPSA) is 105 Å². The highest BCUT2D eigenvalue weighted by Crippen LogP contribution is 2.14. The molecule has 7 nitrogen and oxygen atoms in total. The second-order valence-corrected chi connectivity index (χ2v) is 5.82. The number of nitrogens with one attached hydrogen (secondary N) is 2. The summed E-state index contributed by atoms with van der Waals surface area (Å²) in [6, 6.07) is 7.90. The van der Waals surface area contributed by atoms with E-state index in [0.717, 1.165) is 0 Å². The molecule has 0 aliphatic rings. The average molecular weight is 336 g/mol. The Morgan fingerprint density at radius 2 is 1.79 bits per heavy atom. The lowest BCUT2D eigenvalue weighted by molar-refractivity contribution is -0.148. The van der Waals surface area contributed by atoms with Gasteiger partial charge in [-0.15, -0.1) is 0 Å². The van der Waals surface area contributed by atoms with Gasteiger partial charge in [-0.1, -0.05) is 44.2 Å². The van der Waals surface area contributed by atoms with Crippen molar-refractivity contribution in [2.75, 3.05) is 13.7 Å². The molecule has 0 spiro atoms. The molecule has 0 saturated carbocycles. The summed E-state index contributed by atoms with van der Waals surface area (Å²) in [4.78, 5) is 35.4. The molecule has 0 bridgehead atoms. The highest BCUT2D eigenvalue weighted by atomic mass is 16.5. The molecule has 1 aromatic carbocycles. The van der Waals surface area contributed by atoms with Crippen LogP contribution < -0.4 is 10.6 Å². The number of amides is 2. The molecule has 0 fully saturated rings. The molecule has 2 amide bonds. The Morgan fingerprint density at radius 3 is 2.29 bits per heavy atom. The highest BCUT2D eigenvalue weighted by molar-refractivity contribution is 5.89.